The first kappa shape index (κ1) is 15.9. The molecule has 0 aliphatic heterocycles. The highest BCUT2D eigenvalue weighted by Gasteiger charge is 2.43. The van der Waals surface area contributed by atoms with Gasteiger partial charge in [-0.25, -0.2) is 0 Å². The first-order valence-electron chi connectivity index (χ1n) is 10.6. The van der Waals surface area contributed by atoms with Crippen LogP contribution in [0.5, 0.6) is 0 Å². The first-order valence-corrected chi connectivity index (χ1v) is 10.6. The number of hydrogen-bond acceptors (Lipinski definition) is 1. The summed E-state index contributed by atoms with van der Waals surface area (Å²) in [5.41, 5.74) is 7.95. The van der Waals surface area contributed by atoms with Gasteiger partial charge in [0.05, 0.1) is 5.52 Å². The molecule has 2 unspecified atom stereocenters. The minimum atomic E-state index is 0.151. The molecule has 2 heterocycles. The van der Waals surface area contributed by atoms with Gasteiger partial charge >= 0.3 is 0 Å². The molecular weight excluding hydrogens is 354 g/mol. The van der Waals surface area contributed by atoms with Crippen molar-refractivity contribution in [2.45, 2.75) is 31.6 Å². The fourth-order valence-electron chi connectivity index (χ4n) is 5.93. The Kier molecular flexibility index (Phi) is 2.81. The smallest absolute Gasteiger partial charge is 0.136 e. The van der Waals surface area contributed by atoms with Crippen molar-refractivity contribution < 1.29 is 4.42 Å². The van der Waals surface area contributed by atoms with E-state index in [0.29, 0.717) is 0 Å². The van der Waals surface area contributed by atoms with Crippen LogP contribution >= 0.6 is 0 Å². The molecule has 0 bridgehead atoms. The Morgan fingerprint density at radius 1 is 0.966 bits per heavy atom. The molecule has 2 atom stereocenters. The Morgan fingerprint density at radius 2 is 1.76 bits per heavy atom. The summed E-state index contributed by atoms with van der Waals surface area (Å²) in [5.74, 6) is 0.796. The highest BCUT2D eigenvalue weighted by atomic mass is 16.3. The fourth-order valence-corrected chi connectivity index (χ4v) is 5.93. The van der Waals surface area contributed by atoms with E-state index in [1.165, 1.54) is 51.0 Å². The van der Waals surface area contributed by atoms with E-state index in [9.17, 15) is 0 Å². The second-order valence-electron chi connectivity index (χ2n) is 9.34. The zero-order valence-corrected chi connectivity index (χ0v) is 16.8. The van der Waals surface area contributed by atoms with Crippen LogP contribution in [0.15, 0.2) is 70.7 Å². The molecule has 2 nitrogen and oxygen atoms in total. The van der Waals surface area contributed by atoms with Gasteiger partial charge in [0, 0.05) is 34.1 Å². The van der Waals surface area contributed by atoms with Crippen LogP contribution in [0.3, 0.4) is 0 Å². The van der Waals surface area contributed by atoms with Gasteiger partial charge in [0.25, 0.3) is 0 Å². The number of nitrogens with zero attached hydrogens (tertiary/aromatic N) is 1. The first-order chi connectivity index (χ1) is 14.1. The van der Waals surface area contributed by atoms with Gasteiger partial charge in [-0.15, -0.1) is 0 Å². The highest BCUT2D eigenvalue weighted by Crippen LogP contribution is 2.55. The van der Waals surface area contributed by atoms with Crippen LogP contribution in [0.2, 0.25) is 0 Å². The van der Waals surface area contributed by atoms with Crippen molar-refractivity contribution in [3.05, 3.63) is 71.8 Å². The number of furan rings is 1. The van der Waals surface area contributed by atoms with Crippen molar-refractivity contribution in [2.24, 2.45) is 13.0 Å². The third-order valence-corrected chi connectivity index (χ3v) is 7.52. The predicted octanol–water partition coefficient (Wildman–Crippen LogP) is 7.23. The molecule has 2 aliphatic rings. The predicted molar refractivity (Wildman–Crippen MR) is 120 cm³/mol. The second kappa shape index (κ2) is 5.13. The molecule has 0 N–H and O–H groups in total. The second-order valence-corrected chi connectivity index (χ2v) is 9.34. The summed E-state index contributed by atoms with van der Waals surface area (Å²) in [6.07, 6.45) is 6.19. The van der Waals surface area contributed by atoms with Gasteiger partial charge < -0.3 is 8.98 Å². The Hall–Kier alpha value is -3.00. The van der Waals surface area contributed by atoms with Gasteiger partial charge in [-0.2, -0.15) is 0 Å². The lowest BCUT2D eigenvalue weighted by Gasteiger charge is -2.32. The standard InChI is InChI=1S/C27H23NO/c1-27(12-11-16-13-17(16)15-27)20-14-23-24(19-8-4-6-10-22(19)29-23)25-18-7-3-5-9-21(18)28(2)26(20)25/h3-11,14,17H,12-13,15H2,1-2H3. The minimum absolute atomic E-state index is 0.151. The average Bonchev–Trinajstić information content (AvgIpc) is 3.31. The molecule has 142 valence electrons. The zero-order chi connectivity index (χ0) is 19.3. The normalized spacial score (nSPS) is 23.8. The molecule has 0 saturated heterocycles. The molecule has 29 heavy (non-hydrogen) atoms. The van der Waals surface area contributed by atoms with Gasteiger partial charge in [0.2, 0.25) is 0 Å². The number of benzene rings is 3. The van der Waals surface area contributed by atoms with Gasteiger partial charge in [-0.05, 0) is 54.4 Å². The molecule has 1 saturated carbocycles. The van der Waals surface area contributed by atoms with Crippen molar-refractivity contribution >= 4 is 43.7 Å². The maximum Gasteiger partial charge on any atom is 0.136 e. The molecule has 7 rings (SSSR count). The van der Waals surface area contributed by atoms with Crippen LogP contribution in [-0.4, -0.2) is 4.57 Å². The van der Waals surface area contributed by atoms with Gasteiger partial charge in [0.1, 0.15) is 11.2 Å². The molecule has 3 aromatic carbocycles. The lowest BCUT2D eigenvalue weighted by Crippen LogP contribution is -2.24. The molecule has 0 amide bonds. The number of aryl methyl sites for hydroxylation is 1. The summed E-state index contributed by atoms with van der Waals surface area (Å²) in [4.78, 5) is 0. The number of hydrogen-bond donors (Lipinski definition) is 0. The zero-order valence-electron chi connectivity index (χ0n) is 16.8. The summed E-state index contributed by atoms with van der Waals surface area (Å²) in [7, 11) is 2.23. The highest BCUT2D eigenvalue weighted by molar-refractivity contribution is 6.27. The topological polar surface area (TPSA) is 18.1 Å². The summed E-state index contributed by atoms with van der Waals surface area (Å²) in [5, 5.41) is 5.16. The lowest BCUT2D eigenvalue weighted by atomic mass is 9.72. The van der Waals surface area contributed by atoms with E-state index in [4.69, 9.17) is 4.42 Å². The van der Waals surface area contributed by atoms with E-state index in [1.807, 2.05) is 0 Å². The largest absolute Gasteiger partial charge is 0.456 e. The van der Waals surface area contributed by atoms with Crippen LogP contribution in [0.1, 0.15) is 31.7 Å². The summed E-state index contributed by atoms with van der Waals surface area (Å²) in [6.45, 7) is 2.46. The molecule has 2 aromatic heterocycles. The van der Waals surface area contributed by atoms with Crippen molar-refractivity contribution in [3.63, 3.8) is 0 Å². The third kappa shape index (κ3) is 1.97. The Balaban J connectivity index is 1.71. The fraction of sp³-hybridized carbons (Fsp3) is 0.259. The molecule has 5 aromatic rings. The molecule has 2 aliphatic carbocycles. The molecule has 2 heteroatoms. The monoisotopic (exact) mass is 377 g/mol. The van der Waals surface area contributed by atoms with E-state index >= 15 is 0 Å². The van der Waals surface area contributed by atoms with Gasteiger partial charge in [-0.3, -0.25) is 0 Å². The van der Waals surface area contributed by atoms with Crippen LogP contribution in [0, 0.1) is 5.92 Å². The maximum absolute atomic E-state index is 6.41. The maximum atomic E-state index is 6.41. The van der Waals surface area contributed by atoms with E-state index in [2.05, 4.69) is 79.2 Å². The number of rotatable bonds is 1. The summed E-state index contributed by atoms with van der Waals surface area (Å²) < 4.78 is 8.82. The van der Waals surface area contributed by atoms with Gasteiger partial charge in [-0.1, -0.05) is 55.0 Å². The summed E-state index contributed by atoms with van der Waals surface area (Å²) in [6, 6.07) is 19.6. The number of aromatic nitrogens is 1. The minimum Gasteiger partial charge on any atom is -0.456 e. The Bertz CT molecular complexity index is 1510. The average molecular weight is 377 g/mol. The van der Waals surface area contributed by atoms with E-state index in [1.54, 1.807) is 5.57 Å². The van der Waals surface area contributed by atoms with Crippen molar-refractivity contribution in [2.75, 3.05) is 0 Å². The van der Waals surface area contributed by atoms with E-state index in [0.717, 1.165) is 23.5 Å². The van der Waals surface area contributed by atoms with E-state index < -0.39 is 0 Å². The van der Waals surface area contributed by atoms with Crippen LogP contribution in [0.25, 0.3) is 43.7 Å². The summed E-state index contributed by atoms with van der Waals surface area (Å²) >= 11 is 0. The van der Waals surface area contributed by atoms with Crippen molar-refractivity contribution in [1.29, 1.82) is 0 Å². The number of allylic oxidation sites excluding steroid dienone is 2. The van der Waals surface area contributed by atoms with Crippen LogP contribution in [-0.2, 0) is 12.5 Å². The van der Waals surface area contributed by atoms with E-state index in [-0.39, 0.29) is 5.41 Å². The Labute approximate surface area is 169 Å². The van der Waals surface area contributed by atoms with Crippen LogP contribution in [0.4, 0.5) is 0 Å². The Morgan fingerprint density at radius 3 is 2.62 bits per heavy atom. The molecular formula is C27H23NO. The van der Waals surface area contributed by atoms with Gasteiger partial charge in [0.15, 0.2) is 0 Å². The van der Waals surface area contributed by atoms with Crippen LogP contribution < -0.4 is 0 Å². The van der Waals surface area contributed by atoms with Crippen molar-refractivity contribution in [3.8, 4) is 0 Å². The number of fused-ring (bicyclic) bond motifs is 8. The third-order valence-electron chi connectivity index (χ3n) is 7.52. The lowest BCUT2D eigenvalue weighted by molar-refractivity contribution is 0.408. The molecule has 0 spiro atoms. The molecule has 0 radical (unpaired) electrons. The number of para-hydroxylation sites is 2. The SMILES string of the molecule is Cn1c2ccccc2c2c3c(cc(C4(C)CC=C5CC5C4)c21)oc1ccccc13. The molecule has 1 fully saturated rings. The quantitative estimate of drug-likeness (QED) is 0.282. The van der Waals surface area contributed by atoms with Crippen molar-refractivity contribution in [1.82, 2.24) is 4.57 Å².